The molecular weight excluding hydrogens is 260 g/mol. The van der Waals surface area contributed by atoms with Crippen LogP contribution in [0.2, 0.25) is 0 Å². The second-order valence-electron chi connectivity index (χ2n) is 0.447. The minimum atomic E-state index is -5.39. The van der Waals surface area contributed by atoms with Crippen LogP contribution >= 0.6 is 7.82 Å². The van der Waals surface area contributed by atoms with Crippen molar-refractivity contribution in [2.24, 2.45) is 0 Å². The van der Waals surface area contributed by atoms with E-state index in [2.05, 4.69) is 0 Å². The molecule has 0 aliphatic heterocycles. The topological polar surface area (TPSA) is 86.2 Å². The first-order chi connectivity index (χ1) is 2.00. The van der Waals surface area contributed by atoms with E-state index in [1.807, 2.05) is 0 Å². The van der Waals surface area contributed by atoms with E-state index in [9.17, 15) is 0 Å². The molecule has 0 N–H and O–H groups in total. The van der Waals surface area contributed by atoms with Crippen LogP contribution < -0.4 is 14.7 Å². The molecule has 40 valence electrons. The van der Waals surface area contributed by atoms with Crippen LogP contribution in [0.5, 0.6) is 0 Å². The zero-order valence-corrected chi connectivity index (χ0v) is 5.21. The van der Waals surface area contributed by atoms with Crippen LogP contribution in [0, 0.1) is 37.7 Å². The summed E-state index contributed by atoms with van der Waals surface area (Å²) in [6.07, 6.45) is 0. The van der Waals surface area contributed by atoms with Crippen LogP contribution in [0.15, 0.2) is 0 Å². The Hall–Kier alpha value is 1.37. The Labute approximate surface area is 64.4 Å². The van der Waals surface area contributed by atoms with Gasteiger partial charge in [-0.25, -0.2) is 0 Å². The van der Waals surface area contributed by atoms with Crippen LogP contribution in [-0.4, -0.2) is 0 Å². The SMILES string of the molecule is O=P([O-])([O-])[O-].[Ho+3]. The first kappa shape index (κ1) is 10.4. The molecule has 0 aromatic rings. The van der Waals surface area contributed by atoms with Crippen LogP contribution in [0.25, 0.3) is 0 Å². The van der Waals surface area contributed by atoms with Gasteiger partial charge in [-0.3, -0.25) is 0 Å². The monoisotopic (exact) mass is 260 g/mol. The number of phosphoric acid groups is 1. The van der Waals surface area contributed by atoms with E-state index >= 15 is 0 Å². The van der Waals surface area contributed by atoms with Crippen LogP contribution in [-0.2, 0) is 4.57 Å². The quantitative estimate of drug-likeness (QED) is 0.347. The average molecular weight is 260 g/mol. The van der Waals surface area contributed by atoms with E-state index in [0.29, 0.717) is 0 Å². The maximum absolute atomic E-state index is 8.55. The van der Waals surface area contributed by atoms with E-state index in [-0.39, 0.29) is 37.7 Å². The number of hydrogen-bond acceptors (Lipinski definition) is 4. The Kier molecular flexibility index (Phi) is 5.84. The molecule has 0 radical (unpaired) electrons. The van der Waals surface area contributed by atoms with Gasteiger partial charge in [0.25, 0.3) is 0 Å². The van der Waals surface area contributed by atoms with Crippen molar-refractivity contribution >= 4 is 7.82 Å². The summed E-state index contributed by atoms with van der Waals surface area (Å²) in [7, 11) is -5.39. The van der Waals surface area contributed by atoms with Crippen LogP contribution in [0.4, 0.5) is 0 Å². The predicted octanol–water partition coefficient (Wildman–Crippen LogP) is -2.82. The average Bonchev–Trinajstić information content (AvgIpc) is 0.722. The van der Waals surface area contributed by atoms with Gasteiger partial charge in [-0.15, -0.1) is 0 Å². The first-order valence-corrected chi connectivity index (χ1v) is 2.19. The Bertz CT molecular complexity index is 53.7. The molecule has 0 aromatic heterocycles. The summed E-state index contributed by atoms with van der Waals surface area (Å²) in [5.74, 6) is 0. The van der Waals surface area contributed by atoms with E-state index < -0.39 is 7.82 Å². The predicted molar refractivity (Wildman–Crippen MR) is 7.61 cm³/mol. The van der Waals surface area contributed by atoms with Gasteiger partial charge in [-0.05, 0) is 0 Å². The second kappa shape index (κ2) is 3.38. The van der Waals surface area contributed by atoms with Crippen molar-refractivity contribution in [1.29, 1.82) is 0 Å². The smallest absolute Gasteiger partial charge is 0.822 e. The molecule has 0 amide bonds. The van der Waals surface area contributed by atoms with E-state index in [1.165, 1.54) is 0 Å². The van der Waals surface area contributed by atoms with Crippen molar-refractivity contribution in [3.63, 3.8) is 0 Å². The zero-order valence-electron chi connectivity index (χ0n) is 2.38. The second-order valence-corrected chi connectivity index (χ2v) is 1.34. The fourth-order valence-electron chi connectivity index (χ4n) is 0. The molecule has 0 unspecified atom stereocenters. The fourth-order valence-corrected chi connectivity index (χ4v) is 0. The first-order valence-electron chi connectivity index (χ1n) is 0.730. The van der Waals surface area contributed by atoms with E-state index in [1.54, 1.807) is 0 Å². The molecule has 0 aliphatic carbocycles. The summed E-state index contributed by atoms with van der Waals surface area (Å²) >= 11 is 0. The summed E-state index contributed by atoms with van der Waals surface area (Å²) < 4.78 is 8.55. The molecule has 0 saturated heterocycles. The molecule has 0 atom stereocenters. The number of hydrogen-bond donors (Lipinski definition) is 0. The third-order valence-corrected chi connectivity index (χ3v) is 0. The largest absolute Gasteiger partial charge is 3.00 e. The van der Waals surface area contributed by atoms with Crippen molar-refractivity contribution in [3.8, 4) is 0 Å². The van der Waals surface area contributed by atoms with Gasteiger partial charge >= 0.3 is 37.7 Å². The van der Waals surface area contributed by atoms with Crippen LogP contribution in [0.3, 0.4) is 0 Å². The van der Waals surface area contributed by atoms with Gasteiger partial charge in [0.05, 0.1) is 0 Å². The normalized spacial score (nSPS) is 9.83. The molecule has 0 spiro atoms. The standard InChI is InChI=1S/Ho.H3O4P/c;1-5(2,3)4/h;(H3,1,2,3,4)/q+3;/p-3. The molecular formula is HoO4P. The Balaban J connectivity index is 0. The molecule has 0 fully saturated rings. The fraction of sp³-hybridized carbons (Fsp3) is 0. The summed E-state index contributed by atoms with van der Waals surface area (Å²) in [5.41, 5.74) is 0. The number of rotatable bonds is 0. The summed E-state index contributed by atoms with van der Waals surface area (Å²) in [6.45, 7) is 0. The molecule has 0 aliphatic rings. The van der Waals surface area contributed by atoms with E-state index in [4.69, 9.17) is 19.2 Å². The van der Waals surface area contributed by atoms with Gasteiger partial charge in [-0.2, -0.15) is 7.82 Å². The molecule has 0 saturated carbocycles. The molecule has 0 bridgehead atoms. The van der Waals surface area contributed by atoms with Crippen molar-refractivity contribution in [2.75, 3.05) is 0 Å². The van der Waals surface area contributed by atoms with Gasteiger partial charge < -0.3 is 19.2 Å². The Morgan fingerprint density at radius 1 is 1.17 bits per heavy atom. The molecule has 6 heavy (non-hydrogen) atoms. The van der Waals surface area contributed by atoms with Gasteiger partial charge in [-0.1, -0.05) is 0 Å². The van der Waals surface area contributed by atoms with Gasteiger partial charge in [0.15, 0.2) is 0 Å². The van der Waals surface area contributed by atoms with Gasteiger partial charge in [0.1, 0.15) is 0 Å². The van der Waals surface area contributed by atoms with Crippen molar-refractivity contribution in [1.82, 2.24) is 0 Å². The molecule has 6 heteroatoms. The van der Waals surface area contributed by atoms with Crippen LogP contribution in [0.1, 0.15) is 0 Å². The minimum Gasteiger partial charge on any atom is -0.822 e. The third kappa shape index (κ3) is 54.6. The third-order valence-electron chi connectivity index (χ3n) is 0. The minimum absolute atomic E-state index is 0. The maximum Gasteiger partial charge on any atom is 3.00 e. The molecule has 0 rings (SSSR count). The zero-order chi connectivity index (χ0) is 4.50. The van der Waals surface area contributed by atoms with Crippen molar-refractivity contribution in [3.05, 3.63) is 0 Å². The molecule has 4 nitrogen and oxygen atoms in total. The van der Waals surface area contributed by atoms with Crippen molar-refractivity contribution in [2.45, 2.75) is 0 Å². The van der Waals surface area contributed by atoms with Crippen molar-refractivity contribution < 1.29 is 57.0 Å². The molecule has 0 heterocycles. The summed E-state index contributed by atoms with van der Waals surface area (Å²) in [6, 6.07) is 0. The maximum atomic E-state index is 8.55. The van der Waals surface area contributed by atoms with E-state index in [0.717, 1.165) is 0 Å². The summed E-state index contributed by atoms with van der Waals surface area (Å²) in [4.78, 5) is 25.6. The Morgan fingerprint density at radius 2 is 1.17 bits per heavy atom. The Morgan fingerprint density at radius 3 is 1.17 bits per heavy atom. The van der Waals surface area contributed by atoms with Gasteiger partial charge in [0.2, 0.25) is 0 Å². The van der Waals surface area contributed by atoms with Gasteiger partial charge in [0, 0.05) is 0 Å². The molecule has 0 aromatic carbocycles. The summed E-state index contributed by atoms with van der Waals surface area (Å²) in [5, 5.41) is 0.